The van der Waals surface area contributed by atoms with Crippen molar-refractivity contribution in [2.45, 2.75) is 47.0 Å². The molecule has 0 spiro atoms. The van der Waals surface area contributed by atoms with Crippen molar-refractivity contribution in [2.75, 3.05) is 19.8 Å². The van der Waals surface area contributed by atoms with Gasteiger partial charge in [-0.3, -0.25) is 0 Å². The van der Waals surface area contributed by atoms with Crippen LogP contribution in [0.25, 0.3) is 0 Å². The van der Waals surface area contributed by atoms with Gasteiger partial charge >= 0.3 is 0 Å². The molecule has 0 saturated carbocycles. The summed E-state index contributed by atoms with van der Waals surface area (Å²) in [5.74, 6) is 1.39. The molecular weight excluding hydrogens is 244 g/mol. The van der Waals surface area contributed by atoms with Gasteiger partial charge in [-0.15, -0.1) is 0 Å². The number of hydrogen-bond donors (Lipinski definition) is 1. The zero-order chi connectivity index (χ0) is 14.1. The summed E-state index contributed by atoms with van der Waals surface area (Å²) in [4.78, 5) is 0. The molecule has 0 aliphatic heterocycles. The molecule has 1 aromatic rings. The second kappa shape index (κ2) is 9.07. The minimum absolute atomic E-state index is 0.0626. The topological polar surface area (TPSA) is 56.5 Å². The van der Waals surface area contributed by atoms with Crippen LogP contribution < -0.4 is 5.32 Å². The molecule has 110 valence electrons. The van der Waals surface area contributed by atoms with Crippen molar-refractivity contribution in [3.63, 3.8) is 0 Å². The average Bonchev–Trinajstić information content (AvgIpc) is 2.81. The van der Waals surface area contributed by atoms with E-state index in [1.165, 1.54) is 0 Å². The van der Waals surface area contributed by atoms with Crippen molar-refractivity contribution in [1.82, 2.24) is 10.5 Å². The van der Waals surface area contributed by atoms with Gasteiger partial charge in [-0.25, -0.2) is 0 Å². The predicted molar refractivity (Wildman–Crippen MR) is 73.8 cm³/mol. The number of aromatic nitrogens is 1. The maximum Gasteiger partial charge on any atom is 0.162 e. The smallest absolute Gasteiger partial charge is 0.162 e. The Balaban J connectivity index is 2.22. The van der Waals surface area contributed by atoms with E-state index < -0.39 is 0 Å². The van der Waals surface area contributed by atoms with E-state index in [1.54, 1.807) is 0 Å². The van der Waals surface area contributed by atoms with Gasteiger partial charge in [0.1, 0.15) is 6.61 Å². The van der Waals surface area contributed by atoms with E-state index in [0.29, 0.717) is 25.7 Å². The van der Waals surface area contributed by atoms with Gasteiger partial charge in [0.15, 0.2) is 5.76 Å². The van der Waals surface area contributed by atoms with E-state index in [0.717, 1.165) is 24.5 Å². The van der Waals surface area contributed by atoms with Gasteiger partial charge in [-0.2, -0.15) is 0 Å². The quantitative estimate of drug-likeness (QED) is 0.707. The molecular formula is C14H26N2O3. The summed E-state index contributed by atoms with van der Waals surface area (Å²) in [5, 5.41) is 7.33. The molecule has 0 saturated heterocycles. The molecule has 1 N–H and O–H groups in total. The van der Waals surface area contributed by atoms with Crippen LogP contribution in [0.1, 0.15) is 39.1 Å². The van der Waals surface area contributed by atoms with Crippen LogP contribution in [0.15, 0.2) is 10.6 Å². The van der Waals surface area contributed by atoms with E-state index in [9.17, 15) is 0 Å². The summed E-state index contributed by atoms with van der Waals surface area (Å²) in [6.07, 6.45) is 0.0626. The van der Waals surface area contributed by atoms with Gasteiger partial charge in [0.25, 0.3) is 0 Å². The molecule has 1 aromatic heterocycles. The molecule has 0 aliphatic carbocycles. The first-order chi connectivity index (χ1) is 9.11. The van der Waals surface area contributed by atoms with Crippen molar-refractivity contribution in [3.8, 4) is 0 Å². The Hall–Kier alpha value is -0.910. The molecule has 1 heterocycles. The molecule has 0 aliphatic rings. The van der Waals surface area contributed by atoms with E-state index in [-0.39, 0.29) is 6.10 Å². The highest BCUT2D eigenvalue weighted by Crippen LogP contribution is 2.07. The van der Waals surface area contributed by atoms with Gasteiger partial charge in [0, 0.05) is 19.2 Å². The molecule has 5 heteroatoms. The van der Waals surface area contributed by atoms with Crippen LogP contribution in [0.3, 0.4) is 0 Å². The molecule has 1 unspecified atom stereocenters. The Bertz CT molecular complexity index is 339. The lowest BCUT2D eigenvalue weighted by atomic mass is 10.2. The monoisotopic (exact) mass is 270 g/mol. The Morgan fingerprint density at radius 3 is 2.84 bits per heavy atom. The fourth-order valence-corrected chi connectivity index (χ4v) is 1.55. The van der Waals surface area contributed by atoms with Gasteiger partial charge in [-0.05, 0) is 26.3 Å². The van der Waals surface area contributed by atoms with E-state index >= 15 is 0 Å². The summed E-state index contributed by atoms with van der Waals surface area (Å²) < 4.78 is 16.1. The fourth-order valence-electron chi connectivity index (χ4n) is 1.55. The molecule has 1 rings (SSSR count). The van der Waals surface area contributed by atoms with E-state index in [4.69, 9.17) is 14.0 Å². The minimum Gasteiger partial charge on any atom is -0.379 e. The van der Waals surface area contributed by atoms with E-state index in [2.05, 4.69) is 24.3 Å². The van der Waals surface area contributed by atoms with Crippen LogP contribution in [0.4, 0.5) is 0 Å². The number of hydrogen-bond acceptors (Lipinski definition) is 5. The van der Waals surface area contributed by atoms with Gasteiger partial charge in [0.05, 0.1) is 18.4 Å². The number of ether oxygens (including phenoxy) is 2. The van der Waals surface area contributed by atoms with Crippen LogP contribution in [0.2, 0.25) is 0 Å². The number of nitrogens with zero attached hydrogens (tertiary/aromatic N) is 1. The molecule has 1 atom stereocenters. The van der Waals surface area contributed by atoms with Crippen LogP contribution in [0, 0.1) is 5.92 Å². The summed E-state index contributed by atoms with van der Waals surface area (Å²) >= 11 is 0. The highest BCUT2D eigenvalue weighted by atomic mass is 16.5. The fraction of sp³-hybridized carbons (Fsp3) is 0.786. The van der Waals surface area contributed by atoms with Crippen molar-refractivity contribution in [3.05, 3.63) is 17.5 Å². The van der Waals surface area contributed by atoms with Crippen molar-refractivity contribution in [2.24, 2.45) is 5.92 Å². The third-order valence-electron chi connectivity index (χ3n) is 2.53. The molecule has 0 aromatic carbocycles. The van der Waals surface area contributed by atoms with Gasteiger partial charge in [-0.1, -0.05) is 19.0 Å². The first kappa shape index (κ1) is 16.1. The predicted octanol–water partition coefficient (Wildman–Crippen LogP) is 2.36. The highest BCUT2D eigenvalue weighted by Gasteiger charge is 2.07. The highest BCUT2D eigenvalue weighted by molar-refractivity contribution is 5.04. The third-order valence-corrected chi connectivity index (χ3v) is 2.53. The van der Waals surface area contributed by atoms with Crippen LogP contribution in [-0.4, -0.2) is 31.0 Å². The number of rotatable bonds is 10. The zero-order valence-corrected chi connectivity index (χ0v) is 12.4. The zero-order valence-electron chi connectivity index (χ0n) is 12.4. The molecule has 0 radical (unpaired) electrons. The second-order valence-corrected chi connectivity index (χ2v) is 5.09. The van der Waals surface area contributed by atoms with E-state index in [1.807, 2.05) is 19.9 Å². The molecule has 0 fully saturated rings. The van der Waals surface area contributed by atoms with Crippen molar-refractivity contribution < 1.29 is 14.0 Å². The summed E-state index contributed by atoms with van der Waals surface area (Å²) in [5.41, 5.74) is 0.914. The largest absolute Gasteiger partial charge is 0.379 e. The first-order valence-corrected chi connectivity index (χ1v) is 6.96. The molecule has 0 bridgehead atoms. The Labute approximate surface area is 115 Å². The molecule has 0 amide bonds. The average molecular weight is 270 g/mol. The number of nitrogens with one attached hydrogen (secondary N) is 1. The van der Waals surface area contributed by atoms with Crippen molar-refractivity contribution in [1.29, 1.82) is 0 Å². The maximum atomic E-state index is 5.61. The van der Waals surface area contributed by atoms with Crippen LogP contribution in [-0.2, 0) is 22.6 Å². The van der Waals surface area contributed by atoms with Crippen molar-refractivity contribution >= 4 is 0 Å². The SMILES string of the molecule is CCOCC(C)OCc1cc(CNCC(C)C)no1. The van der Waals surface area contributed by atoms with Gasteiger partial charge in [0.2, 0.25) is 0 Å². The third kappa shape index (κ3) is 7.30. The first-order valence-electron chi connectivity index (χ1n) is 6.96. The Morgan fingerprint density at radius 1 is 1.37 bits per heavy atom. The van der Waals surface area contributed by atoms with Crippen LogP contribution in [0.5, 0.6) is 0 Å². The standard InChI is InChI=1S/C14H26N2O3/c1-5-17-9-12(4)18-10-14-6-13(16-19-14)8-15-7-11(2)3/h6,11-12,15H,5,7-10H2,1-4H3. The lowest BCUT2D eigenvalue weighted by molar-refractivity contribution is -0.0183. The Morgan fingerprint density at radius 2 is 2.16 bits per heavy atom. The normalized spacial score (nSPS) is 13.1. The maximum absolute atomic E-state index is 5.61. The molecule has 5 nitrogen and oxygen atoms in total. The van der Waals surface area contributed by atoms with Crippen LogP contribution >= 0.6 is 0 Å². The minimum atomic E-state index is 0.0626. The molecule has 19 heavy (non-hydrogen) atoms. The lowest BCUT2D eigenvalue weighted by Gasteiger charge is -2.10. The Kier molecular flexibility index (Phi) is 7.70. The lowest BCUT2D eigenvalue weighted by Crippen LogP contribution is -2.19. The second-order valence-electron chi connectivity index (χ2n) is 5.09. The summed E-state index contributed by atoms with van der Waals surface area (Å²) in [7, 11) is 0. The van der Waals surface area contributed by atoms with Gasteiger partial charge < -0.3 is 19.3 Å². The summed E-state index contributed by atoms with van der Waals surface area (Å²) in [6.45, 7) is 11.8. The summed E-state index contributed by atoms with van der Waals surface area (Å²) in [6, 6.07) is 1.93.